The molecule has 198 valence electrons. The quantitative estimate of drug-likeness (QED) is 0.462. The Hall–Kier alpha value is -3.27. The maximum absolute atomic E-state index is 13.7. The summed E-state index contributed by atoms with van der Waals surface area (Å²) in [5, 5.41) is 2.86. The number of carbonyl (C=O) groups excluding carboxylic acids is 2. The van der Waals surface area contributed by atoms with Crippen LogP contribution in [0.2, 0.25) is 0 Å². The molecule has 0 heterocycles. The van der Waals surface area contributed by atoms with Crippen LogP contribution < -0.4 is 19.1 Å². The van der Waals surface area contributed by atoms with Crippen molar-refractivity contribution in [2.45, 2.75) is 40.3 Å². The van der Waals surface area contributed by atoms with Gasteiger partial charge in [-0.3, -0.25) is 13.9 Å². The smallest absolute Gasteiger partial charge is 0.244 e. The zero-order chi connectivity index (χ0) is 27.0. The summed E-state index contributed by atoms with van der Waals surface area (Å²) in [5.74, 6) is 0.0717. The molecule has 36 heavy (non-hydrogen) atoms. The minimum Gasteiger partial charge on any atom is -0.497 e. The minimum atomic E-state index is -3.90. The number of hydrogen-bond acceptors (Lipinski definition) is 6. The average Bonchev–Trinajstić information content (AvgIpc) is 2.83. The normalized spacial score (nSPS) is 12.1. The van der Waals surface area contributed by atoms with E-state index in [1.54, 1.807) is 19.1 Å². The van der Waals surface area contributed by atoms with Crippen molar-refractivity contribution in [3.8, 4) is 11.5 Å². The minimum absolute atomic E-state index is 0.141. The van der Waals surface area contributed by atoms with Gasteiger partial charge in [0, 0.05) is 19.2 Å². The summed E-state index contributed by atoms with van der Waals surface area (Å²) in [6.45, 7) is 7.64. The first kappa shape index (κ1) is 29.0. The van der Waals surface area contributed by atoms with Crippen LogP contribution in [-0.2, 0) is 26.2 Å². The van der Waals surface area contributed by atoms with Gasteiger partial charge in [0.1, 0.15) is 24.1 Å². The molecule has 0 bridgehead atoms. The molecule has 2 aromatic rings. The van der Waals surface area contributed by atoms with Gasteiger partial charge < -0.3 is 19.7 Å². The first-order chi connectivity index (χ1) is 16.9. The van der Waals surface area contributed by atoms with Crippen LogP contribution in [0.3, 0.4) is 0 Å². The number of nitrogens with one attached hydrogen (secondary N) is 1. The van der Waals surface area contributed by atoms with E-state index in [0.29, 0.717) is 12.3 Å². The number of anilines is 1. The summed E-state index contributed by atoms with van der Waals surface area (Å²) in [4.78, 5) is 27.9. The van der Waals surface area contributed by atoms with Crippen LogP contribution in [0.5, 0.6) is 11.5 Å². The van der Waals surface area contributed by atoms with Crippen molar-refractivity contribution in [3.05, 3.63) is 53.6 Å². The van der Waals surface area contributed by atoms with Gasteiger partial charge in [0.15, 0.2) is 0 Å². The topological polar surface area (TPSA) is 105 Å². The standard InChI is InChI=1S/C26H37N3O6S/c1-18(2)15-27-26(31)20(4)28(16-21-10-8-19(3)9-11-21)25(30)17-29(36(7,32)33)23-14-22(34-5)12-13-24(23)35-6/h8-14,18,20H,15-17H2,1-7H3,(H,27,31)/t20-/m0/s1. The van der Waals surface area contributed by atoms with E-state index in [2.05, 4.69) is 5.32 Å². The second-order valence-electron chi connectivity index (χ2n) is 9.13. The van der Waals surface area contributed by atoms with Gasteiger partial charge in [-0.15, -0.1) is 0 Å². The first-order valence-corrected chi connectivity index (χ1v) is 13.5. The van der Waals surface area contributed by atoms with Crippen LogP contribution in [0, 0.1) is 12.8 Å². The summed E-state index contributed by atoms with van der Waals surface area (Å²) in [7, 11) is -1.02. The van der Waals surface area contributed by atoms with Gasteiger partial charge in [-0.1, -0.05) is 43.7 Å². The van der Waals surface area contributed by atoms with Gasteiger partial charge in [0.05, 0.1) is 26.2 Å². The number of carbonyl (C=O) groups is 2. The monoisotopic (exact) mass is 519 g/mol. The number of hydrogen-bond donors (Lipinski definition) is 1. The molecular formula is C26H37N3O6S. The van der Waals surface area contributed by atoms with E-state index in [9.17, 15) is 18.0 Å². The summed E-state index contributed by atoms with van der Waals surface area (Å²) < 4.78 is 37.2. The van der Waals surface area contributed by atoms with Crippen LogP contribution in [-0.4, -0.2) is 64.7 Å². The van der Waals surface area contributed by atoms with Gasteiger partial charge in [0.25, 0.3) is 0 Å². The lowest BCUT2D eigenvalue weighted by Crippen LogP contribution is -2.51. The number of benzene rings is 2. The highest BCUT2D eigenvalue weighted by molar-refractivity contribution is 7.92. The van der Waals surface area contributed by atoms with E-state index < -0.39 is 28.5 Å². The number of amides is 2. The zero-order valence-electron chi connectivity index (χ0n) is 22.1. The van der Waals surface area contributed by atoms with E-state index in [4.69, 9.17) is 9.47 Å². The third-order valence-corrected chi connectivity index (χ3v) is 6.79. The molecule has 0 aliphatic carbocycles. The molecule has 0 aliphatic rings. The molecule has 10 heteroatoms. The lowest BCUT2D eigenvalue weighted by Gasteiger charge is -2.32. The Morgan fingerprint density at radius 1 is 1.00 bits per heavy atom. The molecule has 2 rings (SSSR count). The fourth-order valence-electron chi connectivity index (χ4n) is 3.51. The summed E-state index contributed by atoms with van der Waals surface area (Å²) in [5.41, 5.74) is 2.05. The van der Waals surface area contributed by atoms with E-state index in [-0.39, 0.29) is 29.8 Å². The fraction of sp³-hybridized carbons (Fsp3) is 0.462. The van der Waals surface area contributed by atoms with Crippen molar-refractivity contribution in [2.75, 3.05) is 37.9 Å². The molecule has 0 saturated carbocycles. The number of aryl methyl sites for hydroxylation is 1. The van der Waals surface area contributed by atoms with Crippen molar-refractivity contribution >= 4 is 27.5 Å². The number of nitrogens with zero attached hydrogens (tertiary/aromatic N) is 2. The number of ether oxygens (including phenoxy) is 2. The SMILES string of the molecule is COc1ccc(OC)c(N(CC(=O)N(Cc2ccc(C)cc2)[C@@H](C)C(=O)NCC(C)C)S(C)(=O)=O)c1. The summed E-state index contributed by atoms with van der Waals surface area (Å²) in [6.07, 6.45) is 1.02. The lowest BCUT2D eigenvalue weighted by molar-refractivity contribution is -0.139. The Labute approximate surface area is 214 Å². The van der Waals surface area contributed by atoms with E-state index in [1.165, 1.54) is 25.2 Å². The molecule has 1 N–H and O–H groups in total. The Bertz CT molecular complexity index is 1150. The highest BCUT2D eigenvalue weighted by Gasteiger charge is 2.31. The maximum Gasteiger partial charge on any atom is 0.244 e. The Balaban J connectivity index is 2.45. The third kappa shape index (κ3) is 7.87. The molecular weight excluding hydrogens is 482 g/mol. The molecule has 2 aromatic carbocycles. The van der Waals surface area contributed by atoms with E-state index in [0.717, 1.165) is 21.7 Å². The molecule has 0 fully saturated rings. The number of methoxy groups -OCH3 is 2. The van der Waals surface area contributed by atoms with Crippen molar-refractivity contribution < 1.29 is 27.5 Å². The first-order valence-electron chi connectivity index (χ1n) is 11.7. The molecule has 9 nitrogen and oxygen atoms in total. The predicted molar refractivity (Wildman–Crippen MR) is 141 cm³/mol. The van der Waals surface area contributed by atoms with Gasteiger partial charge in [-0.25, -0.2) is 8.42 Å². The van der Waals surface area contributed by atoms with Crippen molar-refractivity contribution in [3.63, 3.8) is 0 Å². The van der Waals surface area contributed by atoms with Crippen LogP contribution in [0.15, 0.2) is 42.5 Å². The molecule has 0 spiro atoms. The second kappa shape index (κ2) is 12.6. The molecule has 0 saturated heterocycles. The predicted octanol–water partition coefficient (Wildman–Crippen LogP) is 2.97. The average molecular weight is 520 g/mol. The van der Waals surface area contributed by atoms with Crippen LogP contribution in [0.1, 0.15) is 31.9 Å². The van der Waals surface area contributed by atoms with Gasteiger partial charge in [-0.2, -0.15) is 0 Å². The Morgan fingerprint density at radius 2 is 1.64 bits per heavy atom. The highest BCUT2D eigenvalue weighted by Crippen LogP contribution is 2.34. The highest BCUT2D eigenvalue weighted by atomic mass is 32.2. The van der Waals surface area contributed by atoms with E-state index >= 15 is 0 Å². The summed E-state index contributed by atoms with van der Waals surface area (Å²) >= 11 is 0. The van der Waals surface area contributed by atoms with Crippen LogP contribution >= 0.6 is 0 Å². The molecule has 1 atom stereocenters. The third-order valence-electron chi connectivity index (χ3n) is 5.66. The zero-order valence-corrected chi connectivity index (χ0v) is 22.9. The van der Waals surface area contributed by atoms with Crippen LogP contribution in [0.25, 0.3) is 0 Å². The fourth-order valence-corrected chi connectivity index (χ4v) is 4.36. The van der Waals surface area contributed by atoms with Gasteiger partial charge in [0.2, 0.25) is 21.8 Å². The largest absolute Gasteiger partial charge is 0.497 e. The number of rotatable bonds is 12. The molecule has 0 unspecified atom stereocenters. The molecule has 2 amide bonds. The van der Waals surface area contributed by atoms with Crippen LogP contribution in [0.4, 0.5) is 5.69 Å². The Kier molecular flexibility index (Phi) is 10.2. The van der Waals surface area contributed by atoms with Gasteiger partial charge in [-0.05, 0) is 37.5 Å². The van der Waals surface area contributed by atoms with Crippen molar-refractivity contribution in [1.29, 1.82) is 0 Å². The van der Waals surface area contributed by atoms with E-state index in [1.807, 2.05) is 45.0 Å². The molecule has 0 aliphatic heterocycles. The van der Waals surface area contributed by atoms with Crippen molar-refractivity contribution in [1.82, 2.24) is 10.2 Å². The Morgan fingerprint density at radius 3 is 2.17 bits per heavy atom. The van der Waals surface area contributed by atoms with Crippen molar-refractivity contribution in [2.24, 2.45) is 5.92 Å². The maximum atomic E-state index is 13.7. The van der Waals surface area contributed by atoms with Gasteiger partial charge >= 0.3 is 0 Å². The summed E-state index contributed by atoms with van der Waals surface area (Å²) in [6, 6.07) is 11.5. The molecule has 0 radical (unpaired) electrons. The molecule has 0 aromatic heterocycles. The number of sulfonamides is 1. The lowest BCUT2D eigenvalue weighted by atomic mass is 10.1. The second-order valence-corrected chi connectivity index (χ2v) is 11.0.